The number of ether oxygens (including phenoxy) is 1. The fourth-order valence-electron chi connectivity index (χ4n) is 4.16. The van der Waals surface area contributed by atoms with E-state index in [9.17, 15) is 9.59 Å². The molecule has 1 aliphatic carbocycles. The van der Waals surface area contributed by atoms with Crippen molar-refractivity contribution in [2.45, 2.75) is 49.4 Å². The number of nitrogens with zero attached hydrogens (tertiary/aromatic N) is 4. The molecule has 8 nitrogen and oxygen atoms in total. The number of carbonyl (C=O) groups excluding carboxylic acids is 2. The van der Waals surface area contributed by atoms with Crippen molar-refractivity contribution < 1.29 is 14.3 Å². The molecule has 1 N–H and O–H groups in total. The van der Waals surface area contributed by atoms with Gasteiger partial charge in [0, 0.05) is 32.2 Å². The Kier molecular flexibility index (Phi) is 8.44. The van der Waals surface area contributed by atoms with E-state index in [2.05, 4.69) is 20.4 Å². The minimum Gasteiger partial charge on any atom is -0.494 e. The number of aromatic nitrogens is 2. The maximum atomic E-state index is 12.7. The smallest absolute Gasteiger partial charge is 0.230 e. The Bertz CT molecular complexity index is 922. The number of amides is 2. The SMILES string of the molecule is CCOc1ccc(CC(=O)N2CCN(c3nnc(SCC(=O)NC4CCCC4)s3)CC2)cc1. The lowest BCUT2D eigenvalue weighted by molar-refractivity contribution is -0.130. The Morgan fingerprint density at radius 2 is 1.85 bits per heavy atom. The van der Waals surface area contributed by atoms with Crippen LogP contribution in [0.4, 0.5) is 5.13 Å². The first-order valence-corrected chi connectivity index (χ1v) is 13.4. The molecular formula is C23H31N5O3S2. The maximum absolute atomic E-state index is 12.7. The third-order valence-corrected chi connectivity index (χ3v) is 8.05. The van der Waals surface area contributed by atoms with Crippen LogP contribution in [-0.2, 0) is 16.0 Å². The normalized spacial score (nSPS) is 16.8. The first-order valence-electron chi connectivity index (χ1n) is 11.6. The summed E-state index contributed by atoms with van der Waals surface area (Å²) in [4.78, 5) is 28.9. The number of hydrogen-bond acceptors (Lipinski definition) is 8. The van der Waals surface area contributed by atoms with Gasteiger partial charge in [0.25, 0.3) is 0 Å². The lowest BCUT2D eigenvalue weighted by Crippen LogP contribution is -2.49. The summed E-state index contributed by atoms with van der Waals surface area (Å²) in [6.45, 7) is 5.39. The molecule has 2 heterocycles. The average Bonchev–Trinajstić information content (AvgIpc) is 3.52. The Hall–Kier alpha value is -2.33. The molecule has 2 aromatic rings. The highest BCUT2D eigenvalue weighted by atomic mass is 32.2. The summed E-state index contributed by atoms with van der Waals surface area (Å²) in [5.74, 6) is 1.41. The number of benzene rings is 1. The first-order chi connectivity index (χ1) is 16.1. The molecule has 4 rings (SSSR count). The van der Waals surface area contributed by atoms with Gasteiger partial charge in [0.05, 0.1) is 18.8 Å². The molecule has 0 spiro atoms. The summed E-state index contributed by atoms with van der Waals surface area (Å²) in [5, 5.41) is 12.5. The van der Waals surface area contributed by atoms with Crippen molar-refractivity contribution in [1.82, 2.24) is 20.4 Å². The number of hydrogen-bond donors (Lipinski definition) is 1. The van der Waals surface area contributed by atoms with Crippen LogP contribution in [0.1, 0.15) is 38.2 Å². The zero-order valence-electron chi connectivity index (χ0n) is 19.0. The van der Waals surface area contributed by atoms with Crippen LogP contribution in [0.15, 0.2) is 28.6 Å². The van der Waals surface area contributed by atoms with Gasteiger partial charge in [-0.05, 0) is 37.5 Å². The monoisotopic (exact) mass is 489 g/mol. The van der Waals surface area contributed by atoms with Gasteiger partial charge in [0.1, 0.15) is 5.75 Å². The van der Waals surface area contributed by atoms with E-state index in [1.54, 1.807) is 0 Å². The number of rotatable bonds is 9. The van der Waals surface area contributed by atoms with E-state index in [1.165, 1.54) is 35.9 Å². The molecule has 1 saturated heterocycles. The molecule has 33 heavy (non-hydrogen) atoms. The van der Waals surface area contributed by atoms with E-state index in [0.717, 1.165) is 46.7 Å². The quantitative estimate of drug-likeness (QED) is 0.542. The first kappa shape index (κ1) is 23.8. The van der Waals surface area contributed by atoms with Gasteiger partial charge in [-0.2, -0.15) is 0 Å². The highest BCUT2D eigenvalue weighted by Crippen LogP contribution is 2.29. The van der Waals surface area contributed by atoms with Crippen LogP contribution in [0.2, 0.25) is 0 Å². The van der Waals surface area contributed by atoms with Crippen LogP contribution in [-0.4, -0.2) is 71.5 Å². The molecule has 178 valence electrons. The average molecular weight is 490 g/mol. The summed E-state index contributed by atoms with van der Waals surface area (Å²) in [6, 6.07) is 8.07. The van der Waals surface area contributed by atoms with Gasteiger partial charge < -0.3 is 19.9 Å². The van der Waals surface area contributed by atoms with Crippen LogP contribution in [0.3, 0.4) is 0 Å². The molecule has 1 aliphatic heterocycles. The second-order valence-electron chi connectivity index (χ2n) is 8.31. The molecular weight excluding hydrogens is 458 g/mol. The van der Waals surface area contributed by atoms with E-state index >= 15 is 0 Å². The minimum absolute atomic E-state index is 0.0725. The van der Waals surface area contributed by atoms with Crippen molar-refractivity contribution in [3.63, 3.8) is 0 Å². The Morgan fingerprint density at radius 3 is 2.55 bits per heavy atom. The van der Waals surface area contributed by atoms with Gasteiger partial charge in [-0.25, -0.2) is 0 Å². The molecule has 2 fully saturated rings. The van der Waals surface area contributed by atoms with Crippen LogP contribution in [0.5, 0.6) is 5.75 Å². The van der Waals surface area contributed by atoms with E-state index in [4.69, 9.17) is 4.74 Å². The second-order valence-corrected chi connectivity index (χ2v) is 10.5. The van der Waals surface area contributed by atoms with Crippen molar-refractivity contribution in [2.24, 2.45) is 0 Å². The number of thioether (sulfide) groups is 1. The minimum atomic E-state index is 0.0725. The topological polar surface area (TPSA) is 87.7 Å². The molecule has 0 atom stereocenters. The van der Waals surface area contributed by atoms with E-state index in [-0.39, 0.29) is 11.8 Å². The standard InChI is InChI=1S/C23H31N5O3S2/c1-2-31-19-9-7-17(8-10-19)15-21(30)27-11-13-28(14-12-27)22-25-26-23(33-22)32-16-20(29)24-18-5-3-4-6-18/h7-10,18H,2-6,11-16H2,1H3,(H,24,29). The molecule has 1 aromatic heterocycles. The molecule has 2 aliphatic rings. The van der Waals surface area contributed by atoms with Crippen molar-refractivity contribution in [1.29, 1.82) is 0 Å². The molecule has 0 bridgehead atoms. The van der Waals surface area contributed by atoms with Gasteiger partial charge in [-0.15, -0.1) is 10.2 Å². The second kappa shape index (κ2) is 11.7. The molecule has 2 amide bonds. The van der Waals surface area contributed by atoms with Crippen LogP contribution < -0.4 is 15.0 Å². The highest BCUT2D eigenvalue weighted by Gasteiger charge is 2.24. The zero-order valence-corrected chi connectivity index (χ0v) is 20.6. The third kappa shape index (κ3) is 6.83. The largest absolute Gasteiger partial charge is 0.494 e. The van der Waals surface area contributed by atoms with E-state index in [0.29, 0.717) is 37.9 Å². The highest BCUT2D eigenvalue weighted by molar-refractivity contribution is 8.01. The number of piperazine rings is 1. The number of anilines is 1. The molecule has 0 unspecified atom stereocenters. The fraction of sp³-hybridized carbons (Fsp3) is 0.565. The fourth-order valence-corrected chi connectivity index (χ4v) is 5.86. The number of carbonyl (C=O) groups is 2. The van der Waals surface area contributed by atoms with Crippen LogP contribution in [0, 0.1) is 0 Å². The summed E-state index contributed by atoms with van der Waals surface area (Å²) < 4.78 is 6.27. The van der Waals surface area contributed by atoms with Gasteiger partial charge in [0.2, 0.25) is 16.9 Å². The lowest BCUT2D eigenvalue weighted by Gasteiger charge is -2.34. The van der Waals surface area contributed by atoms with Crippen molar-refractivity contribution in [3.8, 4) is 5.75 Å². The van der Waals surface area contributed by atoms with Crippen molar-refractivity contribution in [2.75, 3.05) is 43.4 Å². The lowest BCUT2D eigenvalue weighted by atomic mass is 10.1. The van der Waals surface area contributed by atoms with E-state index < -0.39 is 0 Å². The molecule has 1 saturated carbocycles. The van der Waals surface area contributed by atoms with Gasteiger partial charge >= 0.3 is 0 Å². The Labute approximate surface area is 203 Å². The number of nitrogens with one attached hydrogen (secondary N) is 1. The van der Waals surface area contributed by atoms with Gasteiger partial charge in [0.15, 0.2) is 4.34 Å². The van der Waals surface area contributed by atoms with Crippen molar-refractivity contribution in [3.05, 3.63) is 29.8 Å². The van der Waals surface area contributed by atoms with E-state index in [1.807, 2.05) is 36.1 Å². The predicted molar refractivity (Wildman–Crippen MR) is 131 cm³/mol. The Morgan fingerprint density at radius 1 is 1.12 bits per heavy atom. The molecule has 1 aromatic carbocycles. The summed E-state index contributed by atoms with van der Waals surface area (Å²) in [6.07, 6.45) is 4.99. The summed E-state index contributed by atoms with van der Waals surface area (Å²) in [5.41, 5.74) is 0.994. The molecule has 10 heteroatoms. The zero-order chi connectivity index (χ0) is 23.0. The van der Waals surface area contributed by atoms with Crippen LogP contribution >= 0.6 is 23.1 Å². The van der Waals surface area contributed by atoms with Crippen LogP contribution in [0.25, 0.3) is 0 Å². The maximum Gasteiger partial charge on any atom is 0.230 e. The Balaban J connectivity index is 1.19. The predicted octanol–water partition coefficient (Wildman–Crippen LogP) is 2.98. The summed E-state index contributed by atoms with van der Waals surface area (Å²) >= 11 is 2.95. The van der Waals surface area contributed by atoms with Gasteiger partial charge in [-0.3, -0.25) is 9.59 Å². The van der Waals surface area contributed by atoms with Crippen molar-refractivity contribution >= 4 is 40.0 Å². The molecule has 0 radical (unpaired) electrons. The third-order valence-electron chi connectivity index (χ3n) is 5.94. The van der Waals surface area contributed by atoms with Gasteiger partial charge in [-0.1, -0.05) is 48.1 Å². The summed E-state index contributed by atoms with van der Waals surface area (Å²) in [7, 11) is 0.